The molecule has 4 heteroatoms. The van der Waals surface area contributed by atoms with Crippen LogP contribution in [0.3, 0.4) is 0 Å². The van der Waals surface area contributed by atoms with Gasteiger partial charge in [0, 0.05) is 18.5 Å². The van der Waals surface area contributed by atoms with Gasteiger partial charge in [0.2, 0.25) is 5.91 Å². The Kier molecular flexibility index (Phi) is 5.45. The van der Waals surface area contributed by atoms with Gasteiger partial charge < -0.3 is 15.4 Å². The number of hydrogen-bond donors (Lipinski definition) is 1. The summed E-state index contributed by atoms with van der Waals surface area (Å²) in [6.45, 7) is 2.41. The van der Waals surface area contributed by atoms with Crippen molar-refractivity contribution in [3.05, 3.63) is 29.8 Å². The molecule has 20 heavy (non-hydrogen) atoms. The fraction of sp³-hybridized carbons (Fsp3) is 0.438. The van der Waals surface area contributed by atoms with E-state index >= 15 is 0 Å². The van der Waals surface area contributed by atoms with Gasteiger partial charge in [-0.2, -0.15) is 0 Å². The minimum Gasteiger partial charge on any atom is -0.492 e. The maximum Gasteiger partial charge on any atom is 0.222 e. The molecule has 4 nitrogen and oxygen atoms in total. The van der Waals surface area contributed by atoms with Crippen molar-refractivity contribution < 1.29 is 9.53 Å². The summed E-state index contributed by atoms with van der Waals surface area (Å²) in [5, 5.41) is 0. The number of nitrogens with two attached hydrogens (primary N) is 1. The highest BCUT2D eigenvalue weighted by Crippen LogP contribution is 2.13. The third-order valence-corrected chi connectivity index (χ3v) is 3.24. The monoisotopic (exact) mass is 272 g/mol. The fourth-order valence-corrected chi connectivity index (χ4v) is 2.16. The molecule has 0 bridgehead atoms. The minimum absolute atomic E-state index is 0.243. The van der Waals surface area contributed by atoms with Crippen molar-refractivity contribution >= 4 is 5.91 Å². The molecule has 1 amide bonds. The van der Waals surface area contributed by atoms with E-state index in [9.17, 15) is 4.79 Å². The molecular formula is C16H20N2O2. The minimum atomic E-state index is 0.243. The summed E-state index contributed by atoms with van der Waals surface area (Å²) in [4.78, 5) is 13.5. The summed E-state index contributed by atoms with van der Waals surface area (Å²) < 4.78 is 5.65. The first-order chi connectivity index (χ1) is 9.79. The summed E-state index contributed by atoms with van der Waals surface area (Å²) in [7, 11) is 0. The highest BCUT2D eigenvalue weighted by Gasteiger charge is 2.17. The second kappa shape index (κ2) is 7.56. The predicted octanol–water partition coefficient (Wildman–Crippen LogP) is 1.39. The Bertz CT molecular complexity index is 499. The number of benzene rings is 1. The molecule has 0 aliphatic carbocycles. The van der Waals surface area contributed by atoms with Gasteiger partial charge >= 0.3 is 0 Å². The van der Waals surface area contributed by atoms with Crippen LogP contribution in [0.5, 0.6) is 5.75 Å². The van der Waals surface area contributed by atoms with Crippen molar-refractivity contribution in [1.29, 1.82) is 0 Å². The van der Waals surface area contributed by atoms with E-state index in [2.05, 4.69) is 11.8 Å². The molecule has 1 aromatic carbocycles. The van der Waals surface area contributed by atoms with Gasteiger partial charge in [-0.15, -0.1) is 0 Å². The van der Waals surface area contributed by atoms with Gasteiger partial charge in [0.25, 0.3) is 0 Å². The number of hydrogen-bond acceptors (Lipinski definition) is 3. The molecule has 0 aromatic heterocycles. The van der Waals surface area contributed by atoms with Crippen LogP contribution < -0.4 is 10.5 Å². The smallest absolute Gasteiger partial charge is 0.222 e. The molecule has 1 aliphatic rings. The molecule has 2 rings (SSSR count). The molecule has 0 radical (unpaired) electrons. The summed E-state index contributed by atoms with van der Waals surface area (Å²) in [6, 6.07) is 7.59. The van der Waals surface area contributed by atoms with Gasteiger partial charge in [-0.05, 0) is 37.1 Å². The van der Waals surface area contributed by atoms with E-state index < -0.39 is 0 Å². The molecule has 0 spiro atoms. The van der Waals surface area contributed by atoms with Crippen molar-refractivity contribution in [2.24, 2.45) is 5.73 Å². The van der Waals surface area contributed by atoms with Gasteiger partial charge in [0.1, 0.15) is 12.4 Å². The van der Waals surface area contributed by atoms with Crippen molar-refractivity contribution in [2.45, 2.75) is 19.3 Å². The van der Waals surface area contributed by atoms with Crippen LogP contribution in [0.2, 0.25) is 0 Å². The molecule has 2 N–H and O–H groups in total. The zero-order valence-electron chi connectivity index (χ0n) is 11.6. The molecule has 0 unspecified atom stereocenters. The van der Waals surface area contributed by atoms with E-state index in [1.165, 1.54) is 0 Å². The average molecular weight is 272 g/mol. The normalized spacial score (nSPS) is 14.7. The van der Waals surface area contributed by atoms with Crippen LogP contribution in [0, 0.1) is 11.8 Å². The SMILES string of the molecule is NCC#Cc1ccc(OCCN2CCCCC2=O)cc1. The topological polar surface area (TPSA) is 55.6 Å². The van der Waals surface area contributed by atoms with E-state index in [-0.39, 0.29) is 5.91 Å². The van der Waals surface area contributed by atoms with Crippen LogP contribution in [0.4, 0.5) is 0 Å². The lowest BCUT2D eigenvalue weighted by Crippen LogP contribution is -2.38. The lowest BCUT2D eigenvalue weighted by molar-refractivity contribution is -0.133. The number of carbonyl (C=O) groups excluding carboxylic acids is 1. The first kappa shape index (κ1) is 14.4. The summed E-state index contributed by atoms with van der Waals surface area (Å²) in [5.74, 6) is 6.81. The second-order valence-electron chi connectivity index (χ2n) is 4.72. The molecule has 1 aromatic rings. The number of amides is 1. The Labute approximate surface area is 119 Å². The number of carbonyl (C=O) groups is 1. The average Bonchev–Trinajstić information content (AvgIpc) is 2.48. The Morgan fingerprint density at radius 2 is 2.05 bits per heavy atom. The summed E-state index contributed by atoms with van der Waals surface area (Å²) >= 11 is 0. The molecule has 1 saturated heterocycles. The Morgan fingerprint density at radius 3 is 2.75 bits per heavy atom. The summed E-state index contributed by atoms with van der Waals surface area (Å²) in [6.07, 6.45) is 2.79. The molecule has 106 valence electrons. The first-order valence-electron chi connectivity index (χ1n) is 6.99. The maximum absolute atomic E-state index is 11.6. The van der Waals surface area contributed by atoms with E-state index in [1.807, 2.05) is 29.2 Å². The van der Waals surface area contributed by atoms with E-state index in [1.54, 1.807) is 0 Å². The van der Waals surface area contributed by atoms with Crippen LogP contribution in [0.15, 0.2) is 24.3 Å². The number of piperidine rings is 1. The van der Waals surface area contributed by atoms with E-state index in [0.29, 0.717) is 26.1 Å². The van der Waals surface area contributed by atoms with E-state index in [0.717, 1.165) is 30.7 Å². The molecule has 1 fully saturated rings. The van der Waals surface area contributed by atoms with Crippen molar-refractivity contribution in [1.82, 2.24) is 4.90 Å². The highest BCUT2D eigenvalue weighted by atomic mass is 16.5. The Hall–Kier alpha value is -1.99. The molecule has 0 saturated carbocycles. The second-order valence-corrected chi connectivity index (χ2v) is 4.72. The quantitative estimate of drug-likeness (QED) is 0.843. The lowest BCUT2D eigenvalue weighted by Gasteiger charge is -2.26. The van der Waals surface area contributed by atoms with E-state index in [4.69, 9.17) is 10.5 Å². The fourth-order valence-electron chi connectivity index (χ4n) is 2.16. The zero-order valence-corrected chi connectivity index (χ0v) is 11.6. The van der Waals surface area contributed by atoms with Crippen molar-refractivity contribution in [3.8, 4) is 17.6 Å². The zero-order chi connectivity index (χ0) is 14.2. The van der Waals surface area contributed by atoms with Gasteiger partial charge in [-0.1, -0.05) is 11.8 Å². The van der Waals surface area contributed by atoms with Crippen molar-refractivity contribution in [2.75, 3.05) is 26.2 Å². The number of likely N-dealkylation sites (tertiary alicyclic amines) is 1. The lowest BCUT2D eigenvalue weighted by atomic mass is 10.1. The Balaban J connectivity index is 1.77. The highest BCUT2D eigenvalue weighted by molar-refractivity contribution is 5.76. The van der Waals surface area contributed by atoms with Gasteiger partial charge in [0.05, 0.1) is 13.1 Å². The number of ether oxygens (including phenoxy) is 1. The van der Waals surface area contributed by atoms with Crippen LogP contribution in [0.1, 0.15) is 24.8 Å². The third-order valence-electron chi connectivity index (χ3n) is 3.24. The first-order valence-corrected chi connectivity index (χ1v) is 6.99. The maximum atomic E-state index is 11.6. The molecule has 1 aliphatic heterocycles. The van der Waals surface area contributed by atoms with Crippen LogP contribution in [-0.2, 0) is 4.79 Å². The standard InChI is InChI=1S/C16H20N2O2/c17-10-3-4-14-6-8-15(9-7-14)20-13-12-18-11-2-1-5-16(18)19/h6-9H,1-2,5,10-13,17H2. The third kappa shape index (κ3) is 4.29. The largest absolute Gasteiger partial charge is 0.492 e. The predicted molar refractivity (Wildman–Crippen MR) is 78.3 cm³/mol. The number of rotatable bonds is 4. The molecule has 1 heterocycles. The molecule has 0 atom stereocenters. The Morgan fingerprint density at radius 1 is 1.25 bits per heavy atom. The van der Waals surface area contributed by atoms with Crippen LogP contribution in [-0.4, -0.2) is 37.0 Å². The van der Waals surface area contributed by atoms with Crippen LogP contribution in [0.25, 0.3) is 0 Å². The van der Waals surface area contributed by atoms with Crippen molar-refractivity contribution in [3.63, 3.8) is 0 Å². The summed E-state index contributed by atoms with van der Waals surface area (Å²) in [5.41, 5.74) is 6.25. The van der Waals surface area contributed by atoms with Gasteiger partial charge in [-0.3, -0.25) is 4.79 Å². The number of nitrogens with zero attached hydrogens (tertiary/aromatic N) is 1. The van der Waals surface area contributed by atoms with Gasteiger partial charge in [0.15, 0.2) is 0 Å². The molecular weight excluding hydrogens is 252 g/mol. The van der Waals surface area contributed by atoms with Crippen LogP contribution >= 0.6 is 0 Å². The van der Waals surface area contributed by atoms with Gasteiger partial charge in [-0.25, -0.2) is 0 Å².